The van der Waals surface area contributed by atoms with E-state index in [0.29, 0.717) is 36.0 Å². The summed E-state index contributed by atoms with van der Waals surface area (Å²) < 4.78 is 12.0. The van der Waals surface area contributed by atoms with Crippen LogP contribution in [-0.2, 0) is 11.2 Å². The molecule has 0 saturated heterocycles. The zero-order valence-corrected chi connectivity index (χ0v) is 18.2. The summed E-state index contributed by atoms with van der Waals surface area (Å²) in [6, 6.07) is 10.9. The highest BCUT2D eigenvalue weighted by atomic mass is 79.9. The van der Waals surface area contributed by atoms with Crippen LogP contribution in [0.25, 0.3) is 0 Å². The number of anilines is 1. The number of amides is 2. The number of nitrogens with one attached hydrogen (secondary N) is 2. The lowest BCUT2D eigenvalue weighted by Crippen LogP contribution is -2.25. The first-order valence-corrected chi connectivity index (χ1v) is 10.6. The van der Waals surface area contributed by atoms with Crippen LogP contribution in [0, 0.1) is 0 Å². The van der Waals surface area contributed by atoms with Crippen LogP contribution in [0.1, 0.15) is 42.6 Å². The Morgan fingerprint density at radius 2 is 1.76 bits per heavy atom. The number of carbonyl (C=O) groups excluding carboxylic acids is 2. The molecular formula is C22H25BrN2O4. The molecule has 0 radical (unpaired) electrons. The molecule has 2 N–H and O–H groups in total. The maximum atomic E-state index is 12.6. The van der Waals surface area contributed by atoms with Crippen molar-refractivity contribution in [1.82, 2.24) is 5.32 Å². The van der Waals surface area contributed by atoms with Crippen LogP contribution in [0.2, 0.25) is 0 Å². The van der Waals surface area contributed by atoms with Gasteiger partial charge < -0.3 is 20.1 Å². The molecule has 0 bridgehead atoms. The molecular weight excluding hydrogens is 436 g/mol. The Bertz CT molecular complexity index is 896. The van der Waals surface area contributed by atoms with Crippen molar-refractivity contribution in [2.45, 2.75) is 39.2 Å². The molecule has 1 fully saturated rings. The van der Waals surface area contributed by atoms with Gasteiger partial charge in [0.1, 0.15) is 0 Å². The Balaban J connectivity index is 1.68. The van der Waals surface area contributed by atoms with E-state index >= 15 is 0 Å². The topological polar surface area (TPSA) is 76.7 Å². The highest BCUT2D eigenvalue weighted by Crippen LogP contribution is 2.34. The lowest BCUT2D eigenvalue weighted by atomic mass is 10.1. The fourth-order valence-electron chi connectivity index (χ4n) is 2.86. The molecule has 2 amide bonds. The summed E-state index contributed by atoms with van der Waals surface area (Å²) in [5.74, 6) is 0.954. The van der Waals surface area contributed by atoms with E-state index in [1.165, 1.54) is 0 Å². The molecule has 1 saturated carbocycles. The predicted octanol–water partition coefficient (Wildman–Crippen LogP) is 4.32. The van der Waals surface area contributed by atoms with E-state index in [0.717, 1.165) is 22.9 Å². The summed E-state index contributed by atoms with van der Waals surface area (Å²) >= 11 is 3.51. The number of hydrogen-bond acceptors (Lipinski definition) is 4. The standard InChI is InChI=1S/C22H25BrN2O4/c1-3-28-19-11-15(18(23)13-20(19)29-4-2)12-21(26)24-17-7-5-6-14(10-17)22(27)25-16-8-9-16/h5-7,10-11,13,16H,3-4,8-9,12H2,1-2H3,(H,24,26)(H,25,27). The third kappa shape index (κ3) is 5.97. The van der Waals surface area contributed by atoms with Gasteiger partial charge in [-0.15, -0.1) is 0 Å². The molecule has 1 aliphatic rings. The van der Waals surface area contributed by atoms with Crippen molar-refractivity contribution in [2.24, 2.45) is 0 Å². The lowest BCUT2D eigenvalue weighted by molar-refractivity contribution is -0.115. The normalized spacial score (nSPS) is 12.9. The van der Waals surface area contributed by atoms with Crippen LogP contribution in [-0.4, -0.2) is 31.1 Å². The fraction of sp³-hybridized carbons (Fsp3) is 0.364. The number of rotatable bonds is 9. The van der Waals surface area contributed by atoms with E-state index in [1.54, 1.807) is 24.3 Å². The van der Waals surface area contributed by atoms with E-state index in [1.807, 2.05) is 26.0 Å². The van der Waals surface area contributed by atoms with Gasteiger partial charge in [-0.3, -0.25) is 9.59 Å². The Labute approximate surface area is 179 Å². The molecule has 0 unspecified atom stereocenters. The molecule has 29 heavy (non-hydrogen) atoms. The first kappa shape index (κ1) is 21.2. The largest absolute Gasteiger partial charge is 0.490 e. The van der Waals surface area contributed by atoms with Gasteiger partial charge in [-0.25, -0.2) is 0 Å². The molecule has 0 aromatic heterocycles. The van der Waals surface area contributed by atoms with Gasteiger partial charge in [-0.05, 0) is 62.6 Å². The van der Waals surface area contributed by atoms with E-state index in [4.69, 9.17) is 9.47 Å². The van der Waals surface area contributed by atoms with Crippen molar-refractivity contribution in [3.8, 4) is 11.5 Å². The van der Waals surface area contributed by atoms with E-state index in [9.17, 15) is 9.59 Å². The van der Waals surface area contributed by atoms with Crippen molar-refractivity contribution < 1.29 is 19.1 Å². The molecule has 154 valence electrons. The summed E-state index contributed by atoms with van der Waals surface area (Å²) in [4.78, 5) is 24.8. The summed E-state index contributed by atoms with van der Waals surface area (Å²) in [7, 11) is 0. The molecule has 6 nitrogen and oxygen atoms in total. The van der Waals surface area contributed by atoms with E-state index in [2.05, 4.69) is 26.6 Å². The van der Waals surface area contributed by atoms with Crippen molar-refractivity contribution >= 4 is 33.4 Å². The maximum Gasteiger partial charge on any atom is 0.251 e. The minimum Gasteiger partial charge on any atom is -0.490 e. The third-order valence-corrected chi connectivity index (χ3v) is 5.12. The lowest BCUT2D eigenvalue weighted by Gasteiger charge is -2.14. The maximum absolute atomic E-state index is 12.6. The average molecular weight is 461 g/mol. The highest BCUT2D eigenvalue weighted by Gasteiger charge is 2.23. The van der Waals surface area contributed by atoms with E-state index < -0.39 is 0 Å². The Hall–Kier alpha value is -2.54. The van der Waals surface area contributed by atoms with Crippen molar-refractivity contribution in [3.05, 3.63) is 52.0 Å². The van der Waals surface area contributed by atoms with Crippen LogP contribution in [0.5, 0.6) is 11.5 Å². The second-order valence-electron chi connectivity index (χ2n) is 6.81. The molecule has 0 aliphatic heterocycles. The SMILES string of the molecule is CCOc1cc(Br)c(CC(=O)Nc2cccc(C(=O)NC3CC3)c2)cc1OCC. The minimum absolute atomic E-state index is 0.112. The smallest absolute Gasteiger partial charge is 0.251 e. The fourth-order valence-corrected chi connectivity index (χ4v) is 3.32. The molecule has 1 aliphatic carbocycles. The monoisotopic (exact) mass is 460 g/mol. The number of halogens is 1. The number of carbonyl (C=O) groups is 2. The molecule has 3 rings (SSSR count). The molecule has 0 atom stereocenters. The third-order valence-electron chi connectivity index (χ3n) is 4.38. The summed E-state index contributed by atoms with van der Waals surface area (Å²) in [6.07, 6.45) is 2.22. The van der Waals surface area contributed by atoms with Crippen LogP contribution >= 0.6 is 15.9 Å². The number of ether oxygens (including phenoxy) is 2. The van der Waals surface area contributed by atoms with Crippen LogP contribution in [0.15, 0.2) is 40.9 Å². The first-order chi connectivity index (χ1) is 14.0. The summed E-state index contributed by atoms with van der Waals surface area (Å²) in [5, 5.41) is 5.81. The Kier molecular flexibility index (Phi) is 7.14. The first-order valence-electron chi connectivity index (χ1n) is 9.79. The van der Waals surface area contributed by atoms with Gasteiger partial charge in [0.2, 0.25) is 5.91 Å². The predicted molar refractivity (Wildman–Crippen MR) is 116 cm³/mol. The molecule has 2 aromatic carbocycles. The van der Waals surface area contributed by atoms with E-state index in [-0.39, 0.29) is 24.3 Å². The molecule has 0 heterocycles. The van der Waals surface area contributed by atoms with Crippen molar-refractivity contribution in [1.29, 1.82) is 0 Å². The average Bonchev–Trinajstić information content (AvgIpc) is 3.50. The van der Waals surface area contributed by atoms with Crippen LogP contribution in [0.3, 0.4) is 0 Å². The van der Waals surface area contributed by atoms with Gasteiger partial charge in [0.25, 0.3) is 5.91 Å². The quantitative estimate of drug-likeness (QED) is 0.583. The zero-order valence-electron chi connectivity index (χ0n) is 16.6. The van der Waals surface area contributed by atoms with Gasteiger partial charge >= 0.3 is 0 Å². The molecule has 0 spiro atoms. The summed E-state index contributed by atoms with van der Waals surface area (Å²) in [6.45, 7) is 4.83. The van der Waals surface area contributed by atoms with Crippen LogP contribution in [0.4, 0.5) is 5.69 Å². The highest BCUT2D eigenvalue weighted by molar-refractivity contribution is 9.10. The Morgan fingerprint density at radius 3 is 2.41 bits per heavy atom. The van der Waals surface area contributed by atoms with Crippen molar-refractivity contribution in [3.63, 3.8) is 0 Å². The minimum atomic E-state index is -0.183. The van der Waals surface area contributed by atoms with Gasteiger partial charge in [0.05, 0.1) is 19.6 Å². The summed E-state index contributed by atoms with van der Waals surface area (Å²) in [5.41, 5.74) is 1.91. The second-order valence-corrected chi connectivity index (χ2v) is 7.66. The molecule has 7 heteroatoms. The van der Waals surface area contributed by atoms with Gasteiger partial charge in [-0.1, -0.05) is 22.0 Å². The molecule has 2 aromatic rings. The zero-order chi connectivity index (χ0) is 20.8. The van der Waals surface area contributed by atoms with Crippen LogP contribution < -0.4 is 20.1 Å². The van der Waals surface area contributed by atoms with Gasteiger partial charge in [0, 0.05) is 21.8 Å². The van der Waals surface area contributed by atoms with Crippen molar-refractivity contribution in [2.75, 3.05) is 18.5 Å². The van der Waals surface area contributed by atoms with Gasteiger partial charge in [-0.2, -0.15) is 0 Å². The number of benzene rings is 2. The number of hydrogen-bond donors (Lipinski definition) is 2. The Morgan fingerprint density at radius 1 is 1.07 bits per heavy atom. The second kappa shape index (κ2) is 9.78. The van der Waals surface area contributed by atoms with Gasteiger partial charge in [0.15, 0.2) is 11.5 Å².